The molecule has 4 rings (SSSR count). The molecule has 0 amide bonds. The third-order valence-electron chi connectivity index (χ3n) is 5.27. The van der Waals surface area contributed by atoms with Crippen LogP contribution in [0.2, 0.25) is 0 Å². The minimum absolute atomic E-state index is 0.118. The molecule has 0 spiro atoms. The monoisotopic (exact) mass is 404 g/mol. The molecule has 3 heterocycles. The number of phenolic OH excluding ortho intramolecular Hbond substituents is 1. The fraction of sp³-hybridized carbons (Fsp3) is 0.421. The summed E-state index contributed by atoms with van der Waals surface area (Å²) in [6, 6.07) is 9.45. The van der Waals surface area contributed by atoms with E-state index in [0.717, 1.165) is 43.9 Å². The zero-order valence-electron chi connectivity index (χ0n) is 14.1. The molecule has 2 atom stereocenters. The Morgan fingerprint density at radius 1 is 1.28 bits per heavy atom. The van der Waals surface area contributed by atoms with E-state index in [0.29, 0.717) is 22.1 Å². The number of likely N-dealkylation sites (tertiary alicyclic amines) is 1. The highest BCUT2D eigenvalue weighted by atomic mass is 79.9. The number of piperidine rings is 1. The van der Waals surface area contributed by atoms with Gasteiger partial charge in [0.1, 0.15) is 0 Å². The number of phenols is 1. The molecule has 2 aliphatic heterocycles. The van der Waals surface area contributed by atoms with Crippen molar-refractivity contribution in [2.24, 2.45) is 5.92 Å². The van der Waals surface area contributed by atoms with Gasteiger partial charge in [0.15, 0.2) is 11.5 Å². The SMILES string of the molecule is COc1cc(CN2CC3C[C@@H](C2)Cn2c3cccc2=O)cc(Br)c1O. The highest BCUT2D eigenvalue weighted by molar-refractivity contribution is 9.10. The molecule has 1 aromatic heterocycles. The molecule has 2 aliphatic rings. The maximum Gasteiger partial charge on any atom is 0.250 e. The van der Waals surface area contributed by atoms with E-state index in [4.69, 9.17) is 4.74 Å². The summed E-state index contributed by atoms with van der Waals surface area (Å²) in [5.74, 6) is 1.53. The second kappa shape index (κ2) is 6.50. The largest absolute Gasteiger partial charge is 0.503 e. The van der Waals surface area contributed by atoms with Crippen LogP contribution in [0.25, 0.3) is 0 Å². The molecule has 1 unspecified atom stereocenters. The molecule has 1 fully saturated rings. The predicted molar refractivity (Wildman–Crippen MR) is 99.2 cm³/mol. The van der Waals surface area contributed by atoms with Crippen molar-refractivity contribution in [3.8, 4) is 11.5 Å². The number of fused-ring (bicyclic) bond motifs is 4. The number of hydrogen-bond donors (Lipinski definition) is 1. The molecule has 0 saturated carbocycles. The summed E-state index contributed by atoms with van der Waals surface area (Å²) in [5.41, 5.74) is 2.39. The Bertz CT molecular complexity index is 864. The minimum atomic E-state index is 0.118. The van der Waals surface area contributed by atoms with Crippen LogP contribution >= 0.6 is 15.9 Å². The number of hydrogen-bond acceptors (Lipinski definition) is 4. The van der Waals surface area contributed by atoms with Gasteiger partial charge in [0.25, 0.3) is 5.56 Å². The van der Waals surface area contributed by atoms with Gasteiger partial charge in [-0.05, 0) is 52.0 Å². The zero-order valence-corrected chi connectivity index (χ0v) is 15.7. The van der Waals surface area contributed by atoms with E-state index in [2.05, 4.69) is 26.9 Å². The number of ether oxygens (including phenoxy) is 1. The van der Waals surface area contributed by atoms with Crippen molar-refractivity contribution >= 4 is 15.9 Å². The quantitative estimate of drug-likeness (QED) is 0.854. The van der Waals surface area contributed by atoms with Crippen LogP contribution in [-0.2, 0) is 13.1 Å². The van der Waals surface area contributed by atoms with Crippen LogP contribution in [0.4, 0.5) is 0 Å². The first-order chi connectivity index (χ1) is 12.0. The average molecular weight is 405 g/mol. The molecule has 1 N–H and O–H groups in total. The van der Waals surface area contributed by atoms with Gasteiger partial charge in [0.2, 0.25) is 0 Å². The maximum absolute atomic E-state index is 12.1. The van der Waals surface area contributed by atoms with Crippen molar-refractivity contribution in [2.75, 3.05) is 20.2 Å². The van der Waals surface area contributed by atoms with E-state index in [9.17, 15) is 9.90 Å². The normalized spacial score (nSPS) is 22.5. The molecule has 1 saturated heterocycles. The van der Waals surface area contributed by atoms with Crippen molar-refractivity contribution in [1.29, 1.82) is 0 Å². The zero-order chi connectivity index (χ0) is 17.6. The summed E-state index contributed by atoms with van der Waals surface area (Å²) < 4.78 is 7.86. The standard InChI is InChI=1S/C19H21BrN2O3/c1-25-17-7-12(6-15(20)19(17)24)8-21-9-13-5-14(11-21)16-3-2-4-18(23)22(16)10-13/h2-4,6-7,13-14,24H,5,8-11H2,1H3/t13-,14?/m0/s1. The number of methoxy groups -OCH3 is 1. The lowest BCUT2D eigenvalue weighted by molar-refractivity contribution is 0.114. The Balaban J connectivity index is 1.57. The van der Waals surface area contributed by atoms with Crippen molar-refractivity contribution < 1.29 is 9.84 Å². The van der Waals surface area contributed by atoms with E-state index in [1.165, 1.54) is 0 Å². The minimum Gasteiger partial charge on any atom is -0.503 e. The third-order valence-corrected chi connectivity index (χ3v) is 5.87. The molecule has 1 aromatic carbocycles. The van der Waals surface area contributed by atoms with Crippen molar-refractivity contribution in [3.63, 3.8) is 0 Å². The second-order valence-electron chi connectivity index (χ2n) is 7.02. The predicted octanol–water partition coefficient (Wildman–Crippen LogP) is 2.94. The number of aromatic hydroxyl groups is 1. The van der Waals surface area contributed by atoms with Gasteiger partial charge in [-0.15, -0.1) is 0 Å². The van der Waals surface area contributed by atoms with Gasteiger partial charge < -0.3 is 14.4 Å². The van der Waals surface area contributed by atoms with Crippen LogP contribution < -0.4 is 10.3 Å². The van der Waals surface area contributed by atoms with E-state index < -0.39 is 0 Å². The highest BCUT2D eigenvalue weighted by Gasteiger charge is 2.34. The van der Waals surface area contributed by atoms with Gasteiger partial charge >= 0.3 is 0 Å². The molecule has 0 aliphatic carbocycles. The van der Waals surface area contributed by atoms with Crippen LogP contribution in [0.5, 0.6) is 11.5 Å². The topological polar surface area (TPSA) is 54.7 Å². The Hall–Kier alpha value is -1.79. The van der Waals surface area contributed by atoms with Gasteiger partial charge in [-0.3, -0.25) is 9.69 Å². The van der Waals surface area contributed by atoms with Gasteiger partial charge in [0.05, 0.1) is 11.6 Å². The number of pyridine rings is 1. The summed E-state index contributed by atoms with van der Waals surface area (Å²) in [4.78, 5) is 14.6. The lowest BCUT2D eigenvalue weighted by atomic mass is 9.83. The van der Waals surface area contributed by atoms with Crippen LogP contribution in [0, 0.1) is 5.92 Å². The van der Waals surface area contributed by atoms with Gasteiger partial charge in [-0.2, -0.15) is 0 Å². The van der Waals surface area contributed by atoms with Crippen LogP contribution in [0.3, 0.4) is 0 Å². The van der Waals surface area contributed by atoms with Gasteiger partial charge in [-0.1, -0.05) is 6.07 Å². The molecule has 132 valence electrons. The number of aromatic nitrogens is 1. The Morgan fingerprint density at radius 3 is 2.92 bits per heavy atom. The molecule has 25 heavy (non-hydrogen) atoms. The maximum atomic E-state index is 12.1. The van der Waals surface area contributed by atoms with Crippen molar-refractivity contribution in [3.05, 3.63) is 56.4 Å². The molecule has 2 bridgehead atoms. The van der Waals surface area contributed by atoms with E-state index in [1.807, 2.05) is 22.8 Å². The smallest absolute Gasteiger partial charge is 0.250 e. The second-order valence-corrected chi connectivity index (χ2v) is 7.88. The van der Waals surface area contributed by atoms with E-state index in [-0.39, 0.29) is 11.3 Å². The van der Waals surface area contributed by atoms with Gasteiger partial charge in [0, 0.05) is 43.9 Å². The first-order valence-electron chi connectivity index (χ1n) is 8.52. The lowest BCUT2D eigenvalue weighted by Gasteiger charge is -2.42. The highest BCUT2D eigenvalue weighted by Crippen LogP contribution is 2.38. The molecule has 0 radical (unpaired) electrons. The average Bonchev–Trinajstić information content (AvgIpc) is 2.59. The Kier molecular flexibility index (Phi) is 4.33. The molecule has 2 aromatic rings. The lowest BCUT2D eigenvalue weighted by Crippen LogP contribution is -2.46. The summed E-state index contributed by atoms with van der Waals surface area (Å²) in [7, 11) is 1.56. The summed E-state index contributed by atoms with van der Waals surface area (Å²) in [6.45, 7) is 3.54. The van der Waals surface area contributed by atoms with Crippen molar-refractivity contribution in [2.45, 2.75) is 25.4 Å². The number of benzene rings is 1. The Labute approximate surface area is 155 Å². The molecule has 5 nitrogen and oxygen atoms in total. The summed E-state index contributed by atoms with van der Waals surface area (Å²) in [6.07, 6.45) is 1.16. The van der Waals surface area contributed by atoms with E-state index in [1.54, 1.807) is 13.2 Å². The van der Waals surface area contributed by atoms with Gasteiger partial charge in [-0.25, -0.2) is 0 Å². The molecular formula is C19H21BrN2O3. The number of nitrogens with zero attached hydrogens (tertiary/aromatic N) is 2. The van der Waals surface area contributed by atoms with Crippen LogP contribution in [-0.4, -0.2) is 34.8 Å². The van der Waals surface area contributed by atoms with Crippen LogP contribution in [0.1, 0.15) is 23.6 Å². The summed E-state index contributed by atoms with van der Waals surface area (Å²) in [5, 5.41) is 9.98. The first-order valence-corrected chi connectivity index (χ1v) is 9.32. The number of halogens is 1. The third kappa shape index (κ3) is 3.09. The Morgan fingerprint density at radius 2 is 2.12 bits per heavy atom. The van der Waals surface area contributed by atoms with E-state index >= 15 is 0 Å². The molecular weight excluding hydrogens is 384 g/mol. The number of rotatable bonds is 3. The van der Waals surface area contributed by atoms with Crippen LogP contribution in [0.15, 0.2) is 39.6 Å². The summed E-state index contributed by atoms with van der Waals surface area (Å²) >= 11 is 3.39. The molecule has 6 heteroatoms. The first kappa shape index (κ1) is 16.7. The van der Waals surface area contributed by atoms with Crippen molar-refractivity contribution in [1.82, 2.24) is 9.47 Å². The fourth-order valence-electron chi connectivity index (χ4n) is 4.26. The fourth-order valence-corrected chi connectivity index (χ4v) is 4.75.